The van der Waals surface area contributed by atoms with Crippen molar-refractivity contribution in [1.29, 1.82) is 0 Å². The topological polar surface area (TPSA) is 38.0 Å². The molecule has 0 unspecified atom stereocenters. The molecular weight excluding hydrogens is 176 g/mol. The van der Waals surface area contributed by atoms with Crippen LogP contribution in [0.4, 0.5) is 0 Å². The third-order valence-electron chi connectivity index (χ3n) is 1.95. The molecule has 0 aromatic carbocycles. The van der Waals surface area contributed by atoms with Crippen molar-refractivity contribution in [2.24, 2.45) is 0 Å². The monoisotopic (exact) mass is 198 g/mol. The maximum absolute atomic E-state index is 8.96. The Morgan fingerprint density at radius 2 is 2.00 bits per heavy atom. The molecule has 0 radical (unpaired) electrons. The third kappa shape index (κ3) is 3.14. The molecule has 0 aliphatic heterocycles. The van der Waals surface area contributed by atoms with E-state index in [9.17, 15) is 0 Å². The molecule has 0 atom stereocenters. The number of aliphatic hydroxyl groups is 1. The Hall–Kier alpha value is -0.830. The van der Waals surface area contributed by atoms with Crippen molar-refractivity contribution in [3.05, 3.63) is 17.7 Å². The van der Waals surface area contributed by atoms with E-state index in [-0.39, 0.29) is 6.61 Å². The maximum atomic E-state index is 8.96. The van der Waals surface area contributed by atoms with Crippen molar-refractivity contribution < 1.29 is 5.11 Å². The van der Waals surface area contributed by atoms with Crippen LogP contribution in [0.5, 0.6) is 0 Å². The van der Waals surface area contributed by atoms with E-state index in [1.165, 1.54) is 0 Å². The minimum atomic E-state index is 0.0283. The molecule has 0 saturated carbocycles. The Labute approximate surface area is 86.8 Å². The van der Waals surface area contributed by atoms with Gasteiger partial charge in [-0.25, -0.2) is 4.98 Å². The Morgan fingerprint density at radius 1 is 1.43 bits per heavy atom. The molecule has 82 valence electrons. The summed E-state index contributed by atoms with van der Waals surface area (Å²) in [5, 5.41) is 8.96. The Balaban J connectivity index is 0.000000791. The zero-order chi connectivity index (χ0) is 11.1. The number of imidazole rings is 1. The molecule has 3 heteroatoms. The molecule has 1 aromatic heterocycles. The lowest BCUT2D eigenvalue weighted by Crippen LogP contribution is -1.99. The summed E-state index contributed by atoms with van der Waals surface area (Å²) >= 11 is 0. The van der Waals surface area contributed by atoms with Crippen molar-refractivity contribution in [3.63, 3.8) is 0 Å². The molecule has 0 bridgehead atoms. The van der Waals surface area contributed by atoms with Crippen LogP contribution in [0.3, 0.4) is 0 Å². The molecule has 0 saturated heterocycles. The molecule has 0 fully saturated rings. The average molecular weight is 198 g/mol. The van der Waals surface area contributed by atoms with Gasteiger partial charge in [0, 0.05) is 12.7 Å². The molecule has 0 aliphatic carbocycles. The van der Waals surface area contributed by atoms with Gasteiger partial charge in [-0.1, -0.05) is 27.7 Å². The predicted molar refractivity (Wildman–Crippen MR) is 59.3 cm³/mol. The third-order valence-corrected chi connectivity index (χ3v) is 1.95. The molecular formula is C11H22N2O. The Bertz CT molecular complexity index is 232. The van der Waals surface area contributed by atoms with Gasteiger partial charge in [-0.15, -0.1) is 0 Å². The molecule has 1 heterocycles. The van der Waals surface area contributed by atoms with Gasteiger partial charge in [-0.3, -0.25) is 0 Å². The van der Waals surface area contributed by atoms with Crippen LogP contribution >= 0.6 is 0 Å². The van der Waals surface area contributed by atoms with Gasteiger partial charge in [-0.05, 0) is 12.8 Å². The lowest BCUT2D eigenvalue weighted by molar-refractivity contribution is 0.265. The number of nitrogens with zero attached hydrogens (tertiary/aromatic N) is 2. The molecule has 3 nitrogen and oxygen atoms in total. The first-order valence-electron chi connectivity index (χ1n) is 5.35. The highest BCUT2D eigenvalue weighted by atomic mass is 16.3. The summed E-state index contributed by atoms with van der Waals surface area (Å²) in [6.45, 7) is 11.1. The van der Waals surface area contributed by atoms with E-state index in [4.69, 9.17) is 5.11 Å². The molecule has 14 heavy (non-hydrogen) atoms. The normalized spacial score (nSPS) is 9.93. The van der Waals surface area contributed by atoms with Gasteiger partial charge >= 0.3 is 0 Å². The van der Waals surface area contributed by atoms with Crippen LogP contribution in [0.1, 0.15) is 52.1 Å². The Morgan fingerprint density at radius 3 is 2.29 bits per heavy atom. The standard InChI is InChI=1S/C9H16N2O.C2H6/c1-4-11-5-8(7(2)3)10-9(11)6-12;1-2/h5,7,12H,4,6H2,1-3H3;1-2H3. The van der Waals surface area contributed by atoms with Gasteiger partial charge in [0.1, 0.15) is 12.4 Å². The number of aliphatic hydroxyl groups excluding tert-OH is 1. The molecule has 1 N–H and O–H groups in total. The zero-order valence-electron chi connectivity index (χ0n) is 9.91. The highest BCUT2D eigenvalue weighted by Gasteiger charge is 2.07. The second-order valence-electron chi connectivity index (χ2n) is 3.18. The number of aryl methyl sites for hydroxylation is 1. The first-order valence-corrected chi connectivity index (χ1v) is 5.35. The van der Waals surface area contributed by atoms with E-state index in [2.05, 4.69) is 18.8 Å². The minimum Gasteiger partial charge on any atom is -0.388 e. The number of rotatable bonds is 3. The summed E-state index contributed by atoms with van der Waals surface area (Å²) in [6.07, 6.45) is 2.01. The quantitative estimate of drug-likeness (QED) is 0.810. The summed E-state index contributed by atoms with van der Waals surface area (Å²) in [5.74, 6) is 1.20. The lowest BCUT2D eigenvalue weighted by Gasteiger charge is -1.98. The van der Waals surface area contributed by atoms with E-state index in [1.54, 1.807) is 0 Å². The smallest absolute Gasteiger partial charge is 0.134 e. The number of hydrogen-bond donors (Lipinski definition) is 1. The molecule has 0 aliphatic rings. The largest absolute Gasteiger partial charge is 0.388 e. The highest BCUT2D eigenvalue weighted by molar-refractivity contribution is 5.07. The van der Waals surface area contributed by atoms with Crippen LogP contribution in [-0.4, -0.2) is 14.7 Å². The van der Waals surface area contributed by atoms with Crippen LogP contribution in [0, 0.1) is 0 Å². The second-order valence-corrected chi connectivity index (χ2v) is 3.18. The van der Waals surface area contributed by atoms with Crippen LogP contribution in [-0.2, 0) is 13.2 Å². The molecule has 0 amide bonds. The van der Waals surface area contributed by atoms with Gasteiger partial charge in [0.15, 0.2) is 0 Å². The van der Waals surface area contributed by atoms with Crippen LogP contribution in [0.15, 0.2) is 6.20 Å². The van der Waals surface area contributed by atoms with Gasteiger partial charge in [0.25, 0.3) is 0 Å². The maximum Gasteiger partial charge on any atom is 0.134 e. The lowest BCUT2D eigenvalue weighted by atomic mass is 10.2. The fraction of sp³-hybridized carbons (Fsp3) is 0.727. The summed E-state index contributed by atoms with van der Waals surface area (Å²) in [6, 6.07) is 0. The van der Waals surface area contributed by atoms with E-state index in [1.807, 2.05) is 31.5 Å². The fourth-order valence-corrected chi connectivity index (χ4v) is 1.15. The highest BCUT2D eigenvalue weighted by Crippen LogP contribution is 2.13. The van der Waals surface area contributed by atoms with Crippen LogP contribution < -0.4 is 0 Å². The summed E-state index contributed by atoms with van der Waals surface area (Å²) < 4.78 is 1.98. The average Bonchev–Trinajstić information content (AvgIpc) is 2.63. The minimum absolute atomic E-state index is 0.0283. The SMILES string of the molecule is CC.CCn1cc(C(C)C)nc1CO. The van der Waals surface area contributed by atoms with Crippen LogP contribution in [0.25, 0.3) is 0 Å². The van der Waals surface area contributed by atoms with Crippen LogP contribution in [0.2, 0.25) is 0 Å². The number of aromatic nitrogens is 2. The molecule has 0 spiro atoms. The van der Waals surface area contributed by atoms with E-state index in [0.29, 0.717) is 5.92 Å². The van der Waals surface area contributed by atoms with E-state index >= 15 is 0 Å². The van der Waals surface area contributed by atoms with Gasteiger partial charge in [0.05, 0.1) is 5.69 Å². The van der Waals surface area contributed by atoms with Gasteiger partial charge in [0.2, 0.25) is 0 Å². The van der Waals surface area contributed by atoms with Crippen molar-refractivity contribution in [3.8, 4) is 0 Å². The number of hydrogen-bond acceptors (Lipinski definition) is 2. The molecule has 1 aromatic rings. The van der Waals surface area contributed by atoms with Gasteiger partial charge < -0.3 is 9.67 Å². The fourth-order valence-electron chi connectivity index (χ4n) is 1.15. The summed E-state index contributed by atoms with van der Waals surface area (Å²) in [7, 11) is 0. The predicted octanol–water partition coefficient (Wildman–Crippen LogP) is 2.54. The van der Waals surface area contributed by atoms with Crippen molar-refractivity contribution in [1.82, 2.24) is 9.55 Å². The summed E-state index contributed by atoms with van der Waals surface area (Å²) in [4.78, 5) is 4.31. The second kappa shape index (κ2) is 6.60. The first-order chi connectivity index (χ1) is 6.69. The first kappa shape index (κ1) is 13.2. The van der Waals surface area contributed by atoms with Gasteiger partial charge in [-0.2, -0.15) is 0 Å². The Kier molecular flexibility index (Phi) is 6.21. The van der Waals surface area contributed by atoms with Crippen molar-refractivity contribution >= 4 is 0 Å². The van der Waals surface area contributed by atoms with E-state index in [0.717, 1.165) is 18.1 Å². The van der Waals surface area contributed by atoms with Crippen molar-refractivity contribution in [2.75, 3.05) is 0 Å². The molecule has 1 rings (SSSR count). The van der Waals surface area contributed by atoms with Crippen molar-refractivity contribution in [2.45, 2.75) is 53.7 Å². The zero-order valence-corrected chi connectivity index (χ0v) is 9.91. The van der Waals surface area contributed by atoms with E-state index < -0.39 is 0 Å². The summed E-state index contributed by atoms with van der Waals surface area (Å²) in [5.41, 5.74) is 1.06.